The predicted molar refractivity (Wildman–Crippen MR) is 301 cm³/mol. The Labute approximate surface area is 429 Å². The van der Waals surface area contributed by atoms with Crippen LogP contribution in [0.25, 0.3) is 0 Å². The fraction of sp³-hybridized carbons (Fsp3) is 0.841. The molecule has 0 aliphatic heterocycles. The van der Waals surface area contributed by atoms with E-state index >= 15 is 0 Å². The van der Waals surface area contributed by atoms with Crippen LogP contribution in [0.2, 0.25) is 0 Å². The molecule has 404 valence electrons. The third kappa shape index (κ3) is 55.0. The molecule has 0 aromatic carbocycles. The molecule has 0 bridgehead atoms. The predicted octanol–water partition coefficient (Wildman–Crippen LogP) is 19.0. The van der Waals surface area contributed by atoms with Gasteiger partial charge in [0.05, 0.1) is 25.4 Å². The standard InChI is InChI=1S/C63H117NO5/c1-3-5-7-9-11-13-15-17-19-21-23-24-25-26-27-29-31-35-39-43-47-51-55-61(66)60(59-65)64-62(67)56-52-48-44-40-36-33-34-38-42-46-50-54-58-69-63(68)57-53-49-45-41-37-32-30-28-22-20-18-16-14-12-10-8-6-4-2/h14,16,20,22,34,38,51,55,60-61,65-66H,3-13,15,17-19,21,23-33,35-37,39-50,52-54,56-59H2,1-2H3,(H,64,67)/b16-14-,22-20-,38-34-,55-51+. The molecule has 0 saturated heterocycles. The maximum atomic E-state index is 12.5. The monoisotopic (exact) mass is 968 g/mol. The molecule has 3 N–H and O–H groups in total. The van der Waals surface area contributed by atoms with Gasteiger partial charge in [0.15, 0.2) is 0 Å². The van der Waals surface area contributed by atoms with Gasteiger partial charge < -0.3 is 20.3 Å². The molecule has 69 heavy (non-hydrogen) atoms. The van der Waals surface area contributed by atoms with E-state index in [0.717, 1.165) is 89.9 Å². The van der Waals surface area contributed by atoms with Crippen molar-refractivity contribution in [1.29, 1.82) is 0 Å². The number of aliphatic hydroxyl groups is 2. The number of nitrogens with one attached hydrogen (secondary N) is 1. The fourth-order valence-electron chi connectivity index (χ4n) is 9.13. The van der Waals surface area contributed by atoms with E-state index in [-0.39, 0.29) is 18.5 Å². The number of amides is 1. The van der Waals surface area contributed by atoms with Gasteiger partial charge in [-0.1, -0.05) is 255 Å². The number of esters is 1. The molecule has 0 aliphatic carbocycles. The van der Waals surface area contributed by atoms with E-state index in [1.807, 2.05) is 6.08 Å². The first-order valence-corrected chi connectivity index (χ1v) is 30.4. The Hall–Kier alpha value is -2.18. The molecule has 0 radical (unpaired) electrons. The minimum absolute atomic E-state index is 0.0316. The van der Waals surface area contributed by atoms with Gasteiger partial charge in [-0.25, -0.2) is 0 Å². The van der Waals surface area contributed by atoms with Crippen LogP contribution in [0, 0.1) is 0 Å². The average Bonchev–Trinajstić information content (AvgIpc) is 3.35. The van der Waals surface area contributed by atoms with Gasteiger partial charge in [-0.3, -0.25) is 9.59 Å². The molecular weight excluding hydrogens is 851 g/mol. The lowest BCUT2D eigenvalue weighted by atomic mass is 10.0. The summed E-state index contributed by atoms with van der Waals surface area (Å²) in [4.78, 5) is 24.6. The van der Waals surface area contributed by atoms with Gasteiger partial charge in [0, 0.05) is 12.8 Å². The lowest BCUT2D eigenvalue weighted by Crippen LogP contribution is -2.45. The van der Waals surface area contributed by atoms with Gasteiger partial charge in [-0.05, 0) is 96.3 Å². The van der Waals surface area contributed by atoms with Crippen LogP contribution in [0.1, 0.15) is 316 Å². The minimum Gasteiger partial charge on any atom is -0.466 e. The van der Waals surface area contributed by atoms with Crippen LogP contribution in [-0.4, -0.2) is 47.4 Å². The quantitative estimate of drug-likeness (QED) is 0.0321. The normalized spacial score (nSPS) is 12.9. The summed E-state index contributed by atoms with van der Waals surface area (Å²) in [5.41, 5.74) is 0. The lowest BCUT2D eigenvalue weighted by molar-refractivity contribution is -0.143. The molecule has 0 aromatic rings. The highest BCUT2D eigenvalue weighted by Crippen LogP contribution is 2.17. The number of hydrogen-bond donors (Lipinski definition) is 3. The van der Waals surface area contributed by atoms with E-state index in [4.69, 9.17) is 4.74 Å². The Morgan fingerprint density at radius 1 is 0.406 bits per heavy atom. The van der Waals surface area contributed by atoms with E-state index in [9.17, 15) is 19.8 Å². The fourth-order valence-corrected chi connectivity index (χ4v) is 9.13. The summed E-state index contributed by atoms with van der Waals surface area (Å²) in [6, 6.07) is -0.649. The van der Waals surface area contributed by atoms with Crippen LogP contribution in [0.3, 0.4) is 0 Å². The van der Waals surface area contributed by atoms with Crippen LogP contribution >= 0.6 is 0 Å². The third-order valence-corrected chi connectivity index (χ3v) is 13.8. The van der Waals surface area contributed by atoms with E-state index in [0.29, 0.717) is 19.4 Å². The first-order valence-electron chi connectivity index (χ1n) is 30.4. The lowest BCUT2D eigenvalue weighted by Gasteiger charge is -2.20. The largest absolute Gasteiger partial charge is 0.466 e. The molecule has 1 amide bonds. The zero-order valence-electron chi connectivity index (χ0n) is 46.0. The van der Waals surface area contributed by atoms with Crippen molar-refractivity contribution in [1.82, 2.24) is 5.32 Å². The zero-order valence-corrected chi connectivity index (χ0v) is 46.0. The molecule has 0 fully saturated rings. The summed E-state index contributed by atoms with van der Waals surface area (Å²) in [5.74, 6) is -0.124. The van der Waals surface area contributed by atoms with Gasteiger partial charge in [0.1, 0.15) is 0 Å². The minimum atomic E-state index is -0.863. The van der Waals surface area contributed by atoms with E-state index in [1.165, 1.54) is 199 Å². The number of aliphatic hydroxyl groups excluding tert-OH is 2. The van der Waals surface area contributed by atoms with Crippen molar-refractivity contribution in [2.75, 3.05) is 13.2 Å². The van der Waals surface area contributed by atoms with E-state index in [1.54, 1.807) is 6.08 Å². The van der Waals surface area contributed by atoms with Crippen molar-refractivity contribution in [3.63, 3.8) is 0 Å². The molecule has 2 unspecified atom stereocenters. The number of carbonyl (C=O) groups excluding carboxylic acids is 2. The Bertz CT molecular complexity index is 1160. The summed E-state index contributed by atoms with van der Waals surface area (Å²) in [6.45, 7) is 4.84. The number of hydrogen-bond acceptors (Lipinski definition) is 5. The van der Waals surface area contributed by atoms with Gasteiger partial charge in [-0.15, -0.1) is 0 Å². The molecule has 0 aromatic heterocycles. The molecule has 6 nitrogen and oxygen atoms in total. The van der Waals surface area contributed by atoms with Gasteiger partial charge in [-0.2, -0.15) is 0 Å². The Balaban J connectivity index is 3.53. The van der Waals surface area contributed by atoms with E-state index < -0.39 is 12.1 Å². The molecule has 0 rings (SSSR count). The van der Waals surface area contributed by atoms with Gasteiger partial charge >= 0.3 is 5.97 Å². The van der Waals surface area contributed by atoms with Crippen molar-refractivity contribution < 1.29 is 24.5 Å². The Morgan fingerprint density at radius 2 is 0.725 bits per heavy atom. The van der Waals surface area contributed by atoms with Crippen LogP contribution < -0.4 is 5.32 Å². The highest BCUT2D eigenvalue weighted by Gasteiger charge is 2.18. The second kappa shape index (κ2) is 58.4. The highest BCUT2D eigenvalue weighted by molar-refractivity contribution is 5.76. The number of carbonyl (C=O) groups is 2. The molecule has 0 heterocycles. The van der Waals surface area contributed by atoms with Crippen molar-refractivity contribution in [2.24, 2.45) is 0 Å². The smallest absolute Gasteiger partial charge is 0.305 e. The summed E-state index contributed by atoms with van der Waals surface area (Å²) < 4.78 is 5.46. The molecule has 6 heteroatoms. The maximum absolute atomic E-state index is 12.5. The number of rotatable bonds is 56. The summed E-state index contributed by atoms with van der Waals surface area (Å²) in [6.07, 6.45) is 74.2. The topological polar surface area (TPSA) is 95.9 Å². The van der Waals surface area contributed by atoms with Crippen LogP contribution in [-0.2, 0) is 14.3 Å². The Kier molecular flexibility index (Phi) is 56.5. The van der Waals surface area contributed by atoms with Crippen molar-refractivity contribution >= 4 is 11.9 Å². The van der Waals surface area contributed by atoms with Gasteiger partial charge in [0.25, 0.3) is 0 Å². The first-order chi connectivity index (χ1) is 34.0. The Morgan fingerprint density at radius 3 is 1.13 bits per heavy atom. The average molecular weight is 969 g/mol. The molecule has 2 atom stereocenters. The van der Waals surface area contributed by atoms with Gasteiger partial charge in [0.2, 0.25) is 5.91 Å². The summed E-state index contributed by atoms with van der Waals surface area (Å²) in [7, 11) is 0. The third-order valence-electron chi connectivity index (χ3n) is 13.8. The SMILES string of the molecule is CCCCCC/C=C\C/C=C\CCCCCCCCCC(=O)OCCCCC/C=C\CCCCCCCC(=O)NC(CO)C(O)/C=C/CCCCCCCCCCCCCCCCCCCCCC. The second-order valence-corrected chi connectivity index (χ2v) is 20.7. The van der Waals surface area contributed by atoms with Crippen molar-refractivity contribution in [3.8, 4) is 0 Å². The number of ether oxygens (including phenoxy) is 1. The van der Waals surface area contributed by atoms with Crippen molar-refractivity contribution in [2.45, 2.75) is 328 Å². The van der Waals surface area contributed by atoms with Crippen LogP contribution in [0.15, 0.2) is 48.6 Å². The summed E-state index contributed by atoms with van der Waals surface area (Å²) >= 11 is 0. The van der Waals surface area contributed by atoms with Crippen molar-refractivity contribution in [3.05, 3.63) is 48.6 Å². The number of allylic oxidation sites excluding steroid dienone is 7. The number of unbranched alkanes of at least 4 members (excludes halogenated alkanes) is 39. The molecular formula is C63H117NO5. The van der Waals surface area contributed by atoms with E-state index in [2.05, 4.69) is 55.6 Å². The molecule has 0 aliphatic rings. The summed E-state index contributed by atoms with van der Waals surface area (Å²) in [5, 5.41) is 23.2. The van der Waals surface area contributed by atoms with Crippen LogP contribution in [0.5, 0.6) is 0 Å². The highest BCUT2D eigenvalue weighted by atomic mass is 16.5. The maximum Gasteiger partial charge on any atom is 0.305 e. The molecule has 0 spiro atoms. The second-order valence-electron chi connectivity index (χ2n) is 20.7. The molecule has 0 saturated carbocycles. The zero-order chi connectivity index (χ0) is 50.0. The van der Waals surface area contributed by atoms with Crippen LogP contribution in [0.4, 0.5) is 0 Å². The first kappa shape index (κ1) is 66.8.